The first-order chi connectivity index (χ1) is 8.70. The van der Waals surface area contributed by atoms with Gasteiger partial charge >= 0.3 is 0 Å². The molecule has 0 spiro atoms. The topological polar surface area (TPSA) is 45.5 Å². The van der Waals surface area contributed by atoms with Crippen molar-refractivity contribution in [2.45, 2.75) is 45.2 Å². The highest BCUT2D eigenvalue weighted by Gasteiger charge is 2.23. The number of nitrogens with zero attached hydrogens (tertiary/aromatic N) is 1. The van der Waals surface area contributed by atoms with Crippen molar-refractivity contribution in [1.82, 2.24) is 10.2 Å². The van der Waals surface area contributed by atoms with E-state index >= 15 is 0 Å². The fourth-order valence-corrected chi connectivity index (χ4v) is 2.54. The molecule has 0 bridgehead atoms. The summed E-state index contributed by atoms with van der Waals surface area (Å²) in [7, 11) is 0. The lowest BCUT2D eigenvalue weighted by molar-refractivity contribution is -0.129. The van der Waals surface area contributed by atoms with E-state index in [1.54, 1.807) is 13.2 Å². The standard InChI is InChI=1S/C14H22N2O2/c1-3-13(14-5-4-10-18-14)15-12-6-8-16(9-7-12)11(2)17/h4-5,10,12-13,15H,3,6-9H2,1-2H3. The van der Waals surface area contributed by atoms with Gasteiger partial charge in [-0.3, -0.25) is 4.79 Å². The lowest BCUT2D eigenvalue weighted by Gasteiger charge is -2.33. The van der Waals surface area contributed by atoms with E-state index in [1.807, 2.05) is 17.0 Å². The van der Waals surface area contributed by atoms with Crippen LogP contribution in [0.5, 0.6) is 0 Å². The molecule has 1 saturated heterocycles. The van der Waals surface area contributed by atoms with Crippen LogP contribution in [-0.2, 0) is 4.79 Å². The van der Waals surface area contributed by atoms with E-state index in [1.165, 1.54) is 0 Å². The number of nitrogens with one attached hydrogen (secondary N) is 1. The Labute approximate surface area is 108 Å². The van der Waals surface area contributed by atoms with Crippen LogP contribution in [0.2, 0.25) is 0 Å². The normalized spacial score (nSPS) is 18.9. The minimum absolute atomic E-state index is 0.187. The van der Waals surface area contributed by atoms with E-state index in [0.717, 1.165) is 38.1 Å². The summed E-state index contributed by atoms with van der Waals surface area (Å²) >= 11 is 0. The van der Waals surface area contributed by atoms with Gasteiger partial charge in [-0.2, -0.15) is 0 Å². The van der Waals surface area contributed by atoms with Gasteiger partial charge in [0.15, 0.2) is 0 Å². The van der Waals surface area contributed by atoms with E-state index in [-0.39, 0.29) is 11.9 Å². The summed E-state index contributed by atoms with van der Waals surface area (Å²) in [6, 6.07) is 4.72. The minimum atomic E-state index is 0.187. The summed E-state index contributed by atoms with van der Waals surface area (Å²) in [5.74, 6) is 1.19. The van der Waals surface area contributed by atoms with E-state index in [2.05, 4.69) is 12.2 Å². The Kier molecular flexibility index (Phi) is 4.42. The number of piperidine rings is 1. The zero-order valence-corrected chi connectivity index (χ0v) is 11.2. The van der Waals surface area contributed by atoms with Gasteiger partial charge in [0.25, 0.3) is 0 Å². The third kappa shape index (κ3) is 3.13. The highest BCUT2D eigenvalue weighted by molar-refractivity contribution is 5.73. The van der Waals surface area contributed by atoms with Crippen LogP contribution >= 0.6 is 0 Å². The summed E-state index contributed by atoms with van der Waals surface area (Å²) < 4.78 is 5.46. The second-order valence-electron chi connectivity index (χ2n) is 4.92. The van der Waals surface area contributed by atoms with Crippen LogP contribution in [0, 0.1) is 0 Å². The smallest absolute Gasteiger partial charge is 0.219 e. The molecule has 1 atom stereocenters. The second-order valence-corrected chi connectivity index (χ2v) is 4.92. The first kappa shape index (κ1) is 13.1. The molecule has 4 heteroatoms. The molecule has 2 rings (SSSR count). The van der Waals surface area contributed by atoms with Gasteiger partial charge in [-0.15, -0.1) is 0 Å². The Morgan fingerprint density at radius 1 is 1.56 bits per heavy atom. The van der Waals surface area contributed by atoms with Gasteiger partial charge in [0.1, 0.15) is 5.76 Å². The lowest BCUT2D eigenvalue weighted by atomic mass is 10.0. The number of likely N-dealkylation sites (tertiary alicyclic amines) is 1. The van der Waals surface area contributed by atoms with Crippen LogP contribution in [0.25, 0.3) is 0 Å². The first-order valence-electron chi connectivity index (χ1n) is 6.75. The van der Waals surface area contributed by atoms with Crippen LogP contribution in [0.3, 0.4) is 0 Å². The van der Waals surface area contributed by atoms with Crippen molar-refractivity contribution < 1.29 is 9.21 Å². The number of furan rings is 1. The number of amides is 1. The summed E-state index contributed by atoms with van der Waals surface area (Å²) in [6.45, 7) is 5.53. The number of hydrogen-bond acceptors (Lipinski definition) is 3. The maximum absolute atomic E-state index is 11.3. The predicted octanol–water partition coefficient (Wildman–Crippen LogP) is 2.33. The number of carbonyl (C=O) groups excluding carboxylic acids is 1. The van der Waals surface area contributed by atoms with Crippen molar-refractivity contribution in [1.29, 1.82) is 0 Å². The van der Waals surface area contributed by atoms with Gasteiger partial charge in [0.2, 0.25) is 5.91 Å². The fraction of sp³-hybridized carbons (Fsp3) is 0.643. The molecule has 0 aromatic carbocycles. The molecular weight excluding hydrogens is 228 g/mol. The van der Waals surface area contributed by atoms with Crippen LogP contribution in [0.15, 0.2) is 22.8 Å². The average molecular weight is 250 g/mol. The summed E-state index contributed by atoms with van der Waals surface area (Å²) in [5, 5.41) is 3.64. The Bertz CT molecular complexity index is 367. The quantitative estimate of drug-likeness (QED) is 0.892. The SMILES string of the molecule is CCC(NC1CCN(C(C)=O)CC1)c1ccco1. The summed E-state index contributed by atoms with van der Waals surface area (Å²) in [6.07, 6.45) is 4.78. The number of hydrogen-bond donors (Lipinski definition) is 1. The van der Waals surface area contributed by atoms with E-state index in [9.17, 15) is 4.79 Å². The molecule has 1 aromatic rings. The van der Waals surface area contributed by atoms with E-state index in [0.29, 0.717) is 6.04 Å². The third-order valence-electron chi connectivity index (χ3n) is 3.67. The molecule has 4 nitrogen and oxygen atoms in total. The zero-order valence-electron chi connectivity index (χ0n) is 11.2. The van der Waals surface area contributed by atoms with Gasteiger partial charge in [0.05, 0.1) is 12.3 Å². The van der Waals surface area contributed by atoms with Gasteiger partial charge in [-0.05, 0) is 31.4 Å². The third-order valence-corrected chi connectivity index (χ3v) is 3.67. The Morgan fingerprint density at radius 2 is 2.28 bits per heavy atom. The molecule has 1 amide bonds. The van der Waals surface area contributed by atoms with Crippen LogP contribution < -0.4 is 5.32 Å². The molecule has 18 heavy (non-hydrogen) atoms. The fourth-order valence-electron chi connectivity index (χ4n) is 2.54. The minimum Gasteiger partial charge on any atom is -0.468 e. The van der Waals surface area contributed by atoms with Crippen molar-refractivity contribution in [3.05, 3.63) is 24.2 Å². The van der Waals surface area contributed by atoms with Crippen LogP contribution in [0.4, 0.5) is 0 Å². The Morgan fingerprint density at radius 3 is 2.78 bits per heavy atom. The predicted molar refractivity (Wildman–Crippen MR) is 70.2 cm³/mol. The molecule has 0 aliphatic carbocycles. The van der Waals surface area contributed by atoms with Gasteiger partial charge in [-0.25, -0.2) is 0 Å². The largest absolute Gasteiger partial charge is 0.468 e. The maximum atomic E-state index is 11.3. The van der Waals surface area contributed by atoms with Crippen molar-refractivity contribution in [3.8, 4) is 0 Å². The molecule has 1 unspecified atom stereocenters. The van der Waals surface area contributed by atoms with Crippen molar-refractivity contribution >= 4 is 5.91 Å². The Balaban J connectivity index is 1.85. The van der Waals surface area contributed by atoms with E-state index in [4.69, 9.17) is 4.42 Å². The number of carbonyl (C=O) groups is 1. The molecule has 0 saturated carbocycles. The van der Waals surface area contributed by atoms with Crippen molar-refractivity contribution in [2.24, 2.45) is 0 Å². The molecule has 1 N–H and O–H groups in total. The zero-order chi connectivity index (χ0) is 13.0. The molecule has 0 radical (unpaired) electrons. The molecular formula is C14H22N2O2. The maximum Gasteiger partial charge on any atom is 0.219 e. The highest BCUT2D eigenvalue weighted by Crippen LogP contribution is 2.20. The second kappa shape index (κ2) is 6.05. The Hall–Kier alpha value is -1.29. The van der Waals surface area contributed by atoms with Crippen molar-refractivity contribution in [3.63, 3.8) is 0 Å². The summed E-state index contributed by atoms with van der Waals surface area (Å²) in [4.78, 5) is 13.2. The van der Waals surface area contributed by atoms with Crippen molar-refractivity contribution in [2.75, 3.05) is 13.1 Å². The lowest BCUT2D eigenvalue weighted by Crippen LogP contribution is -2.45. The molecule has 2 heterocycles. The molecule has 1 aliphatic rings. The van der Waals surface area contributed by atoms with Gasteiger partial charge in [-0.1, -0.05) is 6.92 Å². The average Bonchev–Trinajstić information content (AvgIpc) is 2.90. The molecule has 1 fully saturated rings. The highest BCUT2D eigenvalue weighted by atomic mass is 16.3. The van der Waals surface area contributed by atoms with Gasteiger partial charge < -0.3 is 14.6 Å². The van der Waals surface area contributed by atoms with E-state index < -0.39 is 0 Å². The molecule has 1 aromatic heterocycles. The summed E-state index contributed by atoms with van der Waals surface area (Å²) in [5.41, 5.74) is 0. The first-order valence-corrected chi connectivity index (χ1v) is 6.75. The molecule has 1 aliphatic heterocycles. The van der Waals surface area contributed by atoms with Gasteiger partial charge in [0, 0.05) is 26.1 Å². The van der Waals surface area contributed by atoms with Crippen LogP contribution in [-0.4, -0.2) is 29.9 Å². The molecule has 100 valence electrons. The number of rotatable bonds is 4. The van der Waals surface area contributed by atoms with Crippen LogP contribution in [0.1, 0.15) is 44.9 Å². The monoisotopic (exact) mass is 250 g/mol.